The van der Waals surface area contributed by atoms with Gasteiger partial charge in [0.2, 0.25) is 5.91 Å². The van der Waals surface area contributed by atoms with Crippen LogP contribution in [0.1, 0.15) is 24.3 Å². The highest BCUT2D eigenvalue weighted by Gasteiger charge is 2.59. The van der Waals surface area contributed by atoms with Crippen molar-refractivity contribution in [3.63, 3.8) is 0 Å². The van der Waals surface area contributed by atoms with Crippen LogP contribution in [-0.4, -0.2) is 70.3 Å². The number of thioether (sulfide) groups is 1. The molecule has 156 valence electrons. The number of hydrogen-bond donors (Lipinski definition) is 2. The molecule has 1 aromatic heterocycles. The maximum Gasteiger partial charge on any atom is 0.270 e. The van der Waals surface area contributed by atoms with E-state index in [4.69, 9.17) is 0 Å². The normalized spacial score (nSPS) is 27.4. The molecule has 0 saturated carbocycles. The van der Waals surface area contributed by atoms with E-state index in [9.17, 15) is 24.6 Å². The lowest BCUT2D eigenvalue weighted by molar-refractivity contribution is -0.301. The van der Waals surface area contributed by atoms with Gasteiger partial charge in [0.05, 0.1) is 29.7 Å². The van der Waals surface area contributed by atoms with Gasteiger partial charge in [-0.15, -0.1) is 23.1 Å². The Morgan fingerprint density at radius 2 is 2.14 bits per heavy atom. The molecule has 3 aliphatic heterocycles. The number of nitrogens with zero attached hydrogens (tertiary/aromatic N) is 3. The van der Waals surface area contributed by atoms with Crippen molar-refractivity contribution in [2.45, 2.75) is 31.2 Å². The zero-order valence-corrected chi connectivity index (χ0v) is 17.7. The SMILES string of the molecule is CNC(=O)c1csc(N2CC(SC3=C(C(=O)[O-])N4C(=O)[C@H]([C@@H](C)O)[C@H]4[C@H]3C)C2)n1. The Kier molecular flexibility index (Phi) is 5.07. The molecule has 2 amide bonds. The van der Waals surface area contributed by atoms with Crippen molar-refractivity contribution >= 4 is 46.0 Å². The maximum absolute atomic E-state index is 12.4. The maximum atomic E-state index is 12.4. The topological polar surface area (TPSA) is 126 Å². The van der Waals surface area contributed by atoms with E-state index >= 15 is 0 Å². The number of carbonyl (C=O) groups is 3. The van der Waals surface area contributed by atoms with E-state index in [1.54, 1.807) is 19.4 Å². The third-order valence-corrected chi connectivity index (χ3v) is 8.02. The molecule has 0 aliphatic carbocycles. The first kappa shape index (κ1) is 20.2. The van der Waals surface area contributed by atoms with Crippen molar-refractivity contribution in [2.24, 2.45) is 11.8 Å². The minimum Gasteiger partial charge on any atom is -0.543 e. The fourth-order valence-corrected chi connectivity index (χ4v) is 6.50. The van der Waals surface area contributed by atoms with E-state index in [1.165, 1.54) is 28.0 Å². The molecule has 2 N–H and O–H groups in total. The monoisotopic (exact) mass is 437 g/mol. The predicted octanol–water partition coefficient (Wildman–Crippen LogP) is -0.756. The molecule has 29 heavy (non-hydrogen) atoms. The van der Waals surface area contributed by atoms with Gasteiger partial charge in [0, 0.05) is 41.6 Å². The van der Waals surface area contributed by atoms with E-state index in [0.29, 0.717) is 23.7 Å². The number of β-lactam (4-membered cyclic amide) rings is 1. The van der Waals surface area contributed by atoms with Gasteiger partial charge in [0.25, 0.3) is 5.91 Å². The molecule has 3 aliphatic rings. The molecule has 2 fully saturated rings. The second kappa shape index (κ2) is 7.29. The second-order valence-corrected chi connectivity index (χ2v) is 9.67. The number of rotatable bonds is 6. The number of aliphatic carboxylic acids is 1. The molecule has 9 nitrogen and oxygen atoms in total. The molecule has 4 rings (SSSR count). The molecule has 4 atom stereocenters. The van der Waals surface area contributed by atoms with Crippen molar-refractivity contribution in [2.75, 3.05) is 25.0 Å². The zero-order chi connectivity index (χ0) is 21.0. The van der Waals surface area contributed by atoms with E-state index in [0.717, 1.165) is 5.13 Å². The van der Waals surface area contributed by atoms with Gasteiger partial charge in [-0.3, -0.25) is 9.59 Å². The van der Waals surface area contributed by atoms with Gasteiger partial charge in [-0.2, -0.15) is 0 Å². The summed E-state index contributed by atoms with van der Waals surface area (Å²) < 4.78 is 0. The number of nitrogens with one attached hydrogen (secondary N) is 1. The van der Waals surface area contributed by atoms with Crippen LogP contribution in [0.15, 0.2) is 16.0 Å². The number of fused-ring (bicyclic) bond motifs is 1. The van der Waals surface area contributed by atoms with E-state index in [2.05, 4.69) is 10.3 Å². The highest BCUT2D eigenvalue weighted by molar-refractivity contribution is 8.03. The zero-order valence-electron chi connectivity index (χ0n) is 16.1. The van der Waals surface area contributed by atoms with E-state index in [1.807, 2.05) is 11.8 Å². The summed E-state index contributed by atoms with van der Waals surface area (Å²) >= 11 is 2.85. The molecule has 0 unspecified atom stereocenters. The summed E-state index contributed by atoms with van der Waals surface area (Å²) in [5.41, 5.74) is 0.325. The Morgan fingerprint density at radius 3 is 2.72 bits per heavy atom. The van der Waals surface area contributed by atoms with Crippen molar-refractivity contribution < 1.29 is 24.6 Å². The van der Waals surface area contributed by atoms with Crippen LogP contribution in [0.25, 0.3) is 0 Å². The predicted molar refractivity (Wildman–Crippen MR) is 106 cm³/mol. The number of hydrogen-bond acceptors (Lipinski definition) is 9. The highest BCUT2D eigenvalue weighted by atomic mass is 32.2. The van der Waals surface area contributed by atoms with Crippen molar-refractivity contribution in [1.29, 1.82) is 0 Å². The fourth-order valence-electron chi connectivity index (χ4n) is 4.16. The molecule has 1 aromatic rings. The lowest BCUT2D eigenvalue weighted by Crippen LogP contribution is -2.64. The fraction of sp³-hybridized carbons (Fsp3) is 0.556. The van der Waals surface area contributed by atoms with E-state index in [-0.39, 0.29) is 34.7 Å². The molecule has 0 bridgehead atoms. The summed E-state index contributed by atoms with van der Waals surface area (Å²) in [4.78, 5) is 44.0. The Morgan fingerprint density at radius 1 is 1.45 bits per heavy atom. The molecule has 0 aromatic carbocycles. The summed E-state index contributed by atoms with van der Waals surface area (Å²) in [5.74, 6) is -2.69. The van der Waals surface area contributed by atoms with E-state index < -0.39 is 18.0 Å². The van der Waals surface area contributed by atoms with Crippen LogP contribution in [0.3, 0.4) is 0 Å². The molecule has 11 heteroatoms. The molecule has 4 heterocycles. The summed E-state index contributed by atoms with van der Waals surface area (Å²) in [7, 11) is 1.55. The molecule has 2 saturated heterocycles. The molecular weight excluding hydrogens is 416 g/mol. The molecular formula is C18H21N4O5S2-. The van der Waals surface area contributed by atoms with Crippen LogP contribution >= 0.6 is 23.1 Å². The Balaban J connectivity index is 1.45. The minimum atomic E-state index is -1.36. The minimum absolute atomic E-state index is 0.0519. The standard InChI is InChI=1S/C18H22N4O5S2/c1-7-12-11(8(2)23)16(25)22(12)13(17(26)27)14(7)29-9-4-21(5-9)18-20-10(6-28-18)15(24)19-3/h6-9,11-12,23H,4-5H2,1-3H3,(H,19,24)(H,26,27)/p-1/t7-,8-,11-,12-/m1/s1. The second-order valence-electron chi connectivity index (χ2n) is 7.49. The van der Waals surface area contributed by atoms with Crippen molar-refractivity contribution in [3.8, 4) is 0 Å². The van der Waals surface area contributed by atoms with Crippen molar-refractivity contribution in [1.82, 2.24) is 15.2 Å². The van der Waals surface area contributed by atoms with Gasteiger partial charge >= 0.3 is 0 Å². The third-order valence-electron chi connectivity index (χ3n) is 5.67. The number of carboxylic acid groups (broad SMARTS) is 1. The van der Waals surface area contributed by atoms with Gasteiger partial charge < -0.3 is 30.1 Å². The van der Waals surface area contributed by atoms with Gasteiger partial charge in [0.15, 0.2) is 5.13 Å². The number of aliphatic hydroxyl groups excluding tert-OH is 1. The van der Waals surface area contributed by atoms with Crippen LogP contribution in [0.5, 0.6) is 0 Å². The molecule has 0 spiro atoms. The van der Waals surface area contributed by atoms with Crippen LogP contribution < -0.4 is 15.3 Å². The van der Waals surface area contributed by atoms with Crippen LogP contribution in [0.4, 0.5) is 5.13 Å². The first-order valence-corrected chi connectivity index (χ1v) is 11.1. The third kappa shape index (κ3) is 3.11. The van der Waals surface area contributed by atoms with Crippen LogP contribution in [0, 0.1) is 11.8 Å². The highest BCUT2D eigenvalue weighted by Crippen LogP contribution is 2.51. The van der Waals surface area contributed by atoms with Crippen LogP contribution in [0.2, 0.25) is 0 Å². The Hall–Kier alpha value is -2.11. The lowest BCUT2D eigenvalue weighted by Gasteiger charge is -2.47. The lowest BCUT2D eigenvalue weighted by atomic mass is 9.79. The van der Waals surface area contributed by atoms with Crippen molar-refractivity contribution in [3.05, 3.63) is 21.7 Å². The summed E-state index contributed by atoms with van der Waals surface area (Å²) in [6.45, 7) is 4.78. The first-order valence-electron chi connectivity index (χ1n) is 9.30. The number of carboxylic acids is 1. The number of anilines is 1. The average Bonchev–Trinajstić information content (AvgIpc) is 3.19. The first-order chi connectivity index (χ1) is 13.7. The summed E-state index contributed by atoms with van der Waals surface area (Å²) in [6.07, 6.45) is -0.822. The van der Waals surface area contributed by atoms with Gasteiger partial charge in [0.1, 0.15) is 5.69 Å². The summed E-state index contributed by atoms with van der Waals surface area (Å²) in [6, 6.07) is -0.330. The van der Waals surface area contributed by atoms with Gasteiger partial charge in [-0.05, 0) is 6.92 Å². The summed E-state index contributed by atoms with van der Waals surface area (Å²) in [5, 5.41) is 26.8. The quantitative estimate of drug-likeness (QED) is 0.557. The Bertz CT molecular complexity index is 908. The van der Waals surface area contributed by atoms with Gasteiger partial charge in [-0.1, -0.05) is 6.92 Å². The number of amides is 2. The number of carbonyl (C=O) groups excluding carboxylic acids is 3. The number of aliphatic hydroxyl groups is 1. The number of thiazole rings is 1. The Labute approximate surface area is 175 Å². The molecule has 0 radical (unpaired) electrons. The van der Waals surface area contributed by atoms with Crippen LogP contribution in [-0.2, 0) is 9.59 Å². The largest absolute Gasteiger partial charge is 0.543 e. The smallest absolute Gasteiger partial charge is 0.270 e. The number of aromatic nitrogens is 1. The average molecular weight is 438 g/mol. The van der Waals surface area contributed by atoms with Gasteiger partial charge in [-0.25, -0.2) is 4.98 Å².